The summed E-state index contributed by atoms with van der Waals surface area (Å²) in [7, 11) is 0. The number of nitro groups is 1. The van der Waals surface area contributed by atoms with Crippen molar-refractivity contribution in [1.29, 1.82) is 0 Å². The summed E-state index contributed by atoms with van der Waals surface area (Å²) in [4.78, 5) is 15.4. The summed E-state index contributed by atoms with van der Waals surface area (Å²) in [6, 6.07) is 27.2. The Morgan fingerprint density at radius 3 is 2.24 bits per heavy atom. The van der Waals surface area contributed by atoms with Gasteiger partial charge in [0.1, 0.15) is 0 Å². The summed E-state index contributed by atoms with van der Waals surface area (Å²) in [5, 5.41) is 15.3. The maximum atomic E-state index is 10.9. The monoisotopic (exact) mass is 376 g/mol. The molecule has 138 valence electrons. The Bertz CT molecular complexity index is 1420. The minimum atomic E-state index is -0.386. The summed E-state index contributed by atoms with van der Waals surface area (Å²) in [5.74, 6) is 0. The number of non-ortho nitro benzene ring substituents is 1. The van der Waals surface area contributed by atoms with Crippen LogP contribution in [0.2, 0.25) is 0 Å². The Labute approximate surface area is 166 Å². The highest BCUT2D eigenvalue weighted by Gasteiger charge is 2.10. The fraction of sp³-hybridized carbons (Fsp3) is 0. The van der Waals surface area contributed by atoms with Crippen molar-refractivity contribution in [3.63, 3.8) is 0 Å². The third-order valence-corrected chi connectivity index (χ3v) is 5.16. The molecule has 0 amide bonds. The van der Waals surface area contributed by atoms with E-state index in [2.05, 4.69) is 36.4 Å². The lowest BCUT2D eigenvalue weighted by Gasteiger charge is -2.10. The zero-order valence-corrected chi connectivity index (χ0v) is 15.4. The second-order valence-corrected chi connectivity index (χ2v) is 6.91. The van der Waals surface area contributed by atoms with Gasteiger partial charge in [-0.1, -0.05) is 66.7 Å². The molecule has 0 aliphatic heterocycles. The molecule has 4 nitrogen and oxygen atoms in total. The Morgan fingerprint density at radius 2 is 1.45 bits per heavy atom. The molecule has 1 heterocycles. The zero-order valence-electron chi connectivity index (χ0n) is 15.4. The van der Waals surface area contributed by atoms with Crippen LogP contribution in [0.1, 0.15) is 11.1 Å². The molecule has 0 saturated carbocycles. The van der Waals surface area contributed by atoms with Crippen molar-refractivity contribution < 1.29 is 4.92 Å². The van der Waals surface area contributed by atoms with E-state index in [0.29, 0.717) is 0 Å². The maximum absolute atomic E-state index is 10.9. The van der Waals surface area contributed by atoms with Crippen molar-refractivity contribution >= 4 is 50.4 Å². The number of nitrogens with zero attached hydrogens (tertiary/aromatic N) is 2. The number of hydrogen-bond acceptors (Lipinski definition) is 3. The lowest BCUT2D eigenvalue weighted by molar-refractivity contribution is -0.384. The van der Waals surface area contributed by atoms with Gasteiger partial charge in [-0.15, -0.1) is 0 Å². The minimum Gasteiger partial charge on any atom is -0.258 e. The fourth-order valence-corrected chi connectivity index (χ4v) is 3.72. The number of rotatable bonds is 3. The molecule has 5 rings (SSSR count). The van der Waals surface area contributed by atoms with Crippen LogP contribution in [0.4, 0.5) is 5.69 Å². The quantitative estimate of drug-likeness (QED) is 0.154. The second-order valence-electron chi connectivity index (χ2n) is 6.91. The lowest BCUT2D eigenvalue weighted by Crippen LogP contribution is -1.89. The van der Waals surface area contributed by atoms with E-state index in [1.807, 2.05) is 36.4 Å². The van der Waals surface area contributed by atoms with Gasteiger partial charge in [0.2, 0.25) is 0 Å². The molecule has 0 bridgehead atoms. The number of para-hydroxylation sites is 1. The molecule has 4 aromatic carbocycles. The van der Waals surface area contributed by atoms with Gasteiger partial charge < -0.3 is 0 Å². The minimum absolute atomic E-state index is 0.0911. The average Bonchev–Trinajstić information content (AvgIpc) is 2.77. The summed E-state index contributed by atoms with van der Waals surface area (Å²) >= 11 is 0. The first-order valence-corrected chi connectivity index (χ1v) is 9.33. The van der Waals surface area contributed by atoms with Crippen LogP contribution in [-0.4, -0.2) is 9.91 Å². The number of nitro benzene ring substituents is 1. The van der Waals surface area contributed by atoms with Crippen LogP contribution in [0.5, 0.6) is 0 Å². The molecule has 0 saturated heterocycles. The third kappa shape index (κ3) is 3.01. The molecule has 0 N–H and O–H groups in total. The predicted molar refractivity (Wildman–Crippen MR) is 119 cm³/mol. The van der Waals surface area contributed by atoms with E-state index in [1.165, 1.54) is 12.1 Å². The van der Waals surface area contributed by atoms with Crippen LogP contribution in [-0.2, 0) is 0 Å². The number of fused-ring (bicyclic) bond motifs is 4. The first-order valence-electron chi connectivity index (χ1n) is 9.33. The average molecular weight is 376 g/mol. The zero-order chi connectivity index (χ0) is 19.8. The first kappa shape index (κ1) is 17.1. The van der Waals surface area contributed by atoms with Crippen LogP contribution >= 0.6 is 0 Å². The molecule has 5 aromatic rings. The normalized spacial score (nSPS) is 11.6. The van der Waals surface area contributed by atoms with Crippen LogP contribution in [0.15, 0.2) is 84.9 Å². The van der Waals surface area contributed by atoms with E-state index in [0.717, 1.165) is 43.7 Å². The van der Waals surface area contributed by atoms with Gasteiger partial charge in [0.25, 0.3) is 5.69 Å². The van der Waals surface area contributed by atoms with Crippen LogP contribution in [0.25, 0.3) is 44.7 Å². The number of aromatic nitrogens is 1. The fourth-order valence-electron chi connectivity index (χ4n) is 3.72. The molecule has 1 aromatic heterocycles. The van der Waals surface area contributed by atoms with Crippen molar-refractivity contribution in [2.45, 2.75) is 0 Å². The van der Waals surface area contributed by atoms with E-state index in [1.54, 1.807) is 12.1 Å². The van der Waals surface area contributed by atoms with Crippen molar-refractivity contribution in [3.05, 3.63) is 106 Å². The Hall–Kier alpha value is -4.05. The summed E-state index contributed by atoms with van der Waals surface area (Å²) in [6.07, 6.45) is 4.06. The predicted octanol–water partition coefficient (Wildman–Crippen LogP) is 6.62. The smallest absolute Gasteiger partial charge is 0.258 e. The highest BCUT2D eigenvalue weighted by atomic mass is 16.6. The van der Waals surface area contributed by atoms with Gasteiger partial charge in [0.05, 0.1) is 16.0 Å². The molecule has 4 heteroatoms. The Kier molecular flexibility index (Phi) is 4.03. The lowest BCUT2D eigenvalue weighted by atomic mass is 9.98. The molecule has 0 fully saturated rings. The molecule has 0 unspecified atom stereocenters. The van der Waals surface area contributed by atoms with E-state index >= 15 is 0 Å². The van der Waals surface area contributed by atoms with Crippen LogP contribution < -0.4 is 0 Å². The van der Waals surface area contributed by atoms with Gasteiger partial charge in [-0.05, 0) is 34.7 Å². The Morgan fingerprint density at radius 1 is 0.724 bits per heavy atom. The van der Waals surface area contributed by atoms with Gasteiger partial charge in [-0.3, -0.25) is 10.1 Å². The summed E-state index contributed by atoms with van der Waals surface area (Å²) in [6.45, 7) is 0. The van der Waals surface area contributed by atoms with E-state index in [9.17, 15) is 10.1 Å². The number of hydrogen-bond donors (Lipinski definition) is 0. The molecule has 0 spiro atoms. The van der Waals surface area contributed by atoms with Crippen molar-refractivity contribution in [3.8, 4) is 0 Å². The van der Waals surface area contributed by atoms with E-state index in [-0.39, 0.29) is 10.6 Å². The van der Waals surface area contributed by atoms with Crippen molar-refractivity contribution in [2.24, 2.45) is 0 Å². The molecule has 0 aliphatic rings. The standard InChI is InChI=1S/C25H16N2O2/c28-27(29)19-13-9-17(10-14-19)11-15-21-22-7-3-4-8-24(22)26-25-20-6-2-1-5-18(20)12-16-23(21)25/h1-16H. The van der Waals surface area contributed by atoms with Crippen molar-refractivity contribution in [1.82, 2.24) is 4.98 Å². The highest BCUT2D eigenvalue weighted by molar-refractivity contribution is 6.13. The highest BCUT2D eigenvalue weighted by Crippen LogP contribution is 2.32. The van der Waals surface area contributed by atoms with Crippen LogP contribution in [0, 0.1) is 10.1 Å². The van der Waals surface area contributed by atoms with Crippen molar-refractivity contribution in [2.75, 3.05) is 0 Å². The molecule has 0 atom stereocenters. The van der Waals surface area contributed by atoms with Gasteiger partial charge in [0.15, 0.2) is 0 Å². The van der Waals surface area contributed by atoms with Crippen LogP contribution in [0.3, 0.4) is 0 Å². The summed E-state index contributed by atoms with van der Waals surface area (Å²) < 4.78 is 0. The first-order chi connectivity index (χ1) is 14.2. The topological polar surface area (TPSA) is 56.0 Å². The van der Waals surface area contributed by atoms with E-state index < -0.39 is 0 Å². The molecular formula is C25H16N2O2. The summed E-state index contributed by atoms with van der Waals surface area (Å²) in [5.41, 5.74) is 4.01. The Balaban J connectivity index is 1.74. The molecular weight excluding hydrogens is 360 g/mol. The molecule has 0 aliphatic carbocycles. The molecule has 29 heavy (non-hydrogen) atoms. The van der Waals surface area contributed by atoms with Gasteiger partial charge in [-0.25, -0.2) is 4.98 Å². The number of pyridine rings is 1. The third-order valence-electron chi connectivity index (χ3n) is 5.16. The van der Waals surface area contributed by atoms with Gasteiger partial charge >= 0.3 is 0 Å². The second kappa shape index (κ2) is 6.84. The van der Waals surface area contributed by atoms with Gasteiger partial charge in [0, 0.05) is 28.3 Å². The van der Waals surface area contributed by atoms with E-state index in [4.69, 9.17) is 4.98 Å². The largest absolute Gasteiger partial charge is 0.269 e. The molecule has 0 radical (unpaired) electrons. The SMILES string of the molecule is O=[N+]([O-])c1ccc(C=Cc2c3ccccc3nc3c2ccc2ccccc23)cc1. The number of benzene rings is 4. The van der Waals surface area contributed by atoms with Gasteiger partial charge in [-0.2, -0.15) is 0 Å². The maximum Gasteiger partial charge on any atom is 0.269 e.